The second-order valence-corrected chi connectivity index (χ2v) is 27.4. The van der Waals surface area contributed by atoms with E-state index in [1.165, 1.54) is 53.3 Å². The van der Waals surface area contributed by atoms with Gasteiger partial charge in [-0.05, 0) is 137 Å². The summed E-state index contributed by atoms with van der Waals surface area (Å²) in [6, 6.07) is 20.3. The van der Waals surface area contributed by atoms with Crippen LogP contribution in [0.1, 0.15) is 163 Å². The van der Waals surface area contributed by atoms with Crippen LogP contribution >= 0.6 is 0 Å². The maximum Gasteiger partial charge on any atom is 0.492 e. The molecule has 1 aliphatic heterocycles. The Kier molecular flexibility index (Phi) is 36.9. The number of nitrogens with one attached hydrogen (secondary N) is 10. The summed E-state index contributed by atoms with van der Waals surface area (Å²) >= 11 is 0. The number of alkyl halides is 3. The summed E-state index contributed by atoms with van der Waals surface area (Å²) in [7, 11) is -5.14. The van der Waals surface area contributed by atoms with Gasteiger partial charge in [-0.2, -0.15) is 26.7 Å². The molecule has 0 spiro atoms. The summed E-state index contributed by atoms with van der Waals surface area (Å²) in [6.45, 7) is 6.19. The van der Waals surface area contributed by atoms with E-state index >= 15 is 0 Å². The van der Waals surface area contributed by atoms with Crippen molar-refractivity contribution in [3.8, 4) is 0 Å². The number of hydrazone groups is 1. The van der Waals surface area contributed by atoms with E-state index in [0.717, 1.165) is 81.2 Å². The monoisotopic (exact) mass is 1490 g/mol. The van der Waals surface area contributed by atoms with Gasteiger partial charge in [0.15, 0.2) is 5.96 Å². The fourth-order valence-electron chi connectivity index (χ4n) is 11.4. The lowest BCUT2D eigenvalue weighted by molar-refractivity contribution is -0.189. The number of hydrogen-bond acceptors (Lipinski definition) is 18. The first-order valence-corrected chi connectivity index (χ1v) is 36.9. The van der Waals surface area contributed by atoms with E-state index in [-0.39, 0.29) is 86.1 Å². The first kappa shape index (κ1) is 85.6. The zero-order chi connectivity index (χ0) is 76.7. The normalized spacial score (nSPS) is 13.7. The molecule has 0 bridgehead atoms. The Morgan fingerprint density at radius 1 is 0.705 bits per heavy atom. The maximum absolute atomic E-state index is 14.3. The van der Waals surface area contributed by atoms with Gasteiger partial charge in [-0.25, -0.2) is 9.78 Å². The van der Waals surface area contributed by atoms with Crippen LogP contribution in [0.15, 0.2) is 107 Å². The van der Waals surface area contributed by atoms with Gasteiger partial charge in [0.2, 0.25) is 47.3 Å². The molecule has 0 aliphatic carbocycles. The molecule has 5 rings (SSSR count). The van der Waals surface area contributed by atoms with E-state index in [1.807, 2.05) is 68.4 Å². The van der Waals surface area contributed by atoms with Gasteiger partial charge in [-0.3, -0.25) is 54.0 Å². The SMILES string of the molecule is CC(=O)N(CCCCN)CC(=O)N1CCC[C@H]1C(=O)N[C@@H](CCCCNC(=N)N)C(=O)NCC(=O)N[C@@H](CCc1ccccc1)C(=O)N[C@@H](CC(C)C)C(=O)Nc1ccc(CCCCCCCCCCC(=O)NCCNC(=O)c2ccc(N/N=C/c3ccccc3S(=O)(=O)OC(=O)C(F)(F)F)nc2)cc1. The van der Waals surface area contributed by atoms with Gasteiger partial charge < -0.3 is 68.0 Å². The molecule has 1 aromatic heterocycles. The predicted octanol–water partition coefficient (Wildman–Crippen LogP) is 5.34. The number of rotatable bonds is 46. The Morgan fingerprint density at radius 2 is 1.37 bits per heavy atom. The molecule has 4 atom stereocenters. The molecule has 29 nitrogen and oxygen atoms in total. The Hall–Kier alpha value is -10.1. The molecule has 574 valence electrons. The first-order valence-electron chi connectivity index (χ1n) is 35.5. The summed E-state index contributed by atoms with van der Waals surface area (Å²) < 4.78 is 66.3. The van der Waals surface area contributed by atoms with Gasteiger partial charge >= 0.3 is 22.3 Å². The number of hydrogen-bond donors (Lipinski definition) is 12. The summed E-state index contributed by atoms with van der Waals surface area (Å²) in [4.78, 5) is 138. The summed E-state index contributed by atoms with van der Waals surface area (Å²) in [5, 5.41) is 33.5. The molecule has 33 heteroatoms. The van der Waals surface area contributed by atoms with Gasteiger partial charge in [0.1, 0.15) is 34.9 Å². The van der Waals surface area contributed by atoms with E-state index in [1.54, 1.807) is 0 Å². The van der Waals surface area contributed by atoms with Crippen molar-refractivity contribution in [2.24, 2.45) is 22.5 Å². The minimum absolute atomic E-state index is 0.0175. The highest BCUT2D eigenvalue weighted by Gasteiger charge is 2.44. The number of aryl methyl sites for hydroxylation is 2. The van der Waals surface area contributed by atoms with Crippen molar-refractivity contribution in [3.63, 3.8) is 0 Å². The van der Waals surface area contributed by atoms with Crippen molar-refractivity contribution in [3.05, 3.63) is 119 Å². The number of guanidine groups is 1. The molecule has 3 aromatic carbocycles. The molecular weight excluding hydrogens is 1390 g/mol. The van der Waals surface area contributed by atoms with Crippen LogP contribution in [0.4, 0.5) is 24.7 Å². The average Bonchev–Trinajstić information content (AvgIpc) is 1.52. The lowest BCUT2D eigenvalue weighted by atomic mass is 10.0. The molecule has 14 N–H and O–H groups in total. The van der Waals surface area contributed by atoms with E-state index < -0.39 is 99.2 Å². The van der Waals surface area contributed by atoms with Gasteiger partial charge in [0.05, 0.1) is 24.9 Å². The summed E-state index contributed by atoms with van der Waals surface area (Å²) in [5.74, 6) is -7.27. The number of aromatic nitrogens is 1. The van der Waals surface area contributed by atoms with Crippen LogP contribution in [-0.4, -0.2) is 177 Å². The molecule has 9 amide bonds. The number of benzene rings is 3. The van der Waals surface area contributed by atoms with E-state index in [0.29, 0.717) is 76.7 Å². The molecule has 0 radical (unpaired) electrons. The molecular formula is C72H101F3N16O13S. The highest BCUT2D eigenvalue weighted by atomic mass is 32.2. The first-order chi connectivity index (χ1) is 50.1. The highest BCUT2D eigenvalue weighted by Crippen LogP contribution is 2.24. The zero-order valence-corrected chi connectivity index (χ0v) is 60.6. The second kappa shape index (κ2) is 45.2. The molecule has 4 aromatic rings. The van der Waals surface area contributed by atoms with Crippen LogP contribution in [0.2, 0.25) is 0 Å². The zero-order valence-electron chi connectivity index (χ0n) is 59.8. The Bertz CT molecular complexity index is 3650. The molecule has 1 saturated heterocycles. The van der Waals surface area contributed by atoms with E-state index in [4.69, 9.17) is 16.9 Å². The average molecular weight is 1490 g/mol. The van der Waals surface area contributed by atoms with Crippen LogP contribution in [0.3, 0.4) is 0 Å². The molecule has 1 aliphatic rings. The lowest BCUT2D eigenvalue weighted by Crippen LogP contribution is -2.56. The van der Waals surface area contributed by atoms with Crippen molar-refractivity contribution >= 4 is 92.9 Å². The van der Waals surface area contributed by atoms with Crippen LogP contribution in [0.5, 0.6) is 0 Å². The van der Waals surface area contributed by atoms with Crippen LogP contribution in [0, 0.1) is 11.3 Å². The summed E-state index contributed by atoms with van der Waals surface area (Å²) in [6.07, 6.45) is 9.57. The number of pyridine rings is 1. The predicted molar refractivity (Wildman–Crippen MR) is 389 cm³/mol. The summed E-state index contributed by atoms with van der Waals surface area (Å²) in [5.41, 5.74) is 16.1. The number of halogens is 3. The lowest BCUT2D eigenvalue weighted by Gasteiger charge is -2.29. The second-order valence-electron chi connectivity index (χ2n) is 25.9. The minimum Gasteiger partial charge on any atom is -0.370 e. The standard InChI is InChI=1S/C72H101F3N16O13S/c1-49(2)44-58(88-67(98)57(36-32-51-22-12-10-13-23-51)86-63(94)47-83-66(97)56(26-17-19-39-81-71(77)78)87-69(100)59-27-21-43-91(59)64(95)48-90(50(3)92)42-20-18-38-76)68(99)85-55-34-30-52(31-35-55)24-11-8-6-4-5-7-9-14-29-62(93)79-40-41-80-65(96)54-33-37-61(82-45-54)89-84-46-53-25-15-16-28-60(53)105(102,103)104-70(101)72(73,74)75/h10,12-13,15-16,22-23,25,28,30-31,33-35,37,45-46,49,56-59H,4-9,11,14,17-21,24,26-27,29,32,36,38-44,47-48,76H2,1-3H3,(H,79,93)(H,80,96)(H,82,89)(H,83,97)(H,85,99)(H,86,94)(H,87,100)(H,88,98)(H4,77,78,81)/b84-46+/t56-,57-,58-,59-/m0/s1. The molecule has 0 unspecified atom stereocenters. The van der Waals surface area contributed by atoms with Crippen molar-refractivity contribution < 1.29 is 73.7 Å². The molecule has 1 fully saturated rings. The number of unbranched alkanes of at least 4 members (excludes halogenated alkanes) is 9. The van der Waals surface area contributed by atoms with Crippen LogP contribution < -0.4 is 59.4 Å². The number of carbonyl (C=O) groups is 10. The highest BCUT2D eigenvalue weighted by molar-refractivity contribution is 7.87. The maximum atomic E-state index is 14.3. The van der Waals surface area contributed by atoms with Crippen molar-refractivity contribution in [2.75, 3.05) is 63.1 Å². The molecule has 105 heavy (non-hydrogen) atoms. The fraction of sp³-hybridized carbons (Fsp3) is 0.514. The smallest absolute Gasteiger partial charge is 0.370 e. The molecule has 2 heterocycles. The number of nitrogens with zero attached hydrogens (tertiary/aromatic N) is 4. The largest absolute Gasteiger partial charge is 0.492 e. The number of nitrogens with two attached hydrogens (primary N) is 2. The quantitative estimate of drug-likeness (QED) is 0.00873. The van der Waals surface area contributed by atoms with Crippen molar-refractivity contribution in [2.45, 2.75) is 184 Å². The van der Waals surface area contributed by atoms with Gasteiger partial charge in [-0.1, -0.05) is 113 Å². The van der Waals surface area contributed by atoms with Gasteiger partial charge in [0.25, 0.3) is 5.91 Å². The van der Waals surface area contributed by atoms with Crippen molar-refractivity contribution in [1.29, 1.82) is 5.41 Å². The van der Waals surface area contributed by atoms with Crippen LogP contribution in [0.25, 0.3) is 0 Å². The third kappa shape index (κ3) is 32.2. The fourth-order valence-corrected chi connectivity index (χ4v) is 12.4. The van der Waals surface area contributed by atoms with E-state index in [2.05, 4.69) is 62.2 Å². The third-order valence-electron chi connectivity index (χ3n) is 17.0. The number of amides is 9. The third-order valence-corrected chi connectivity index (χ3v) is 18.2. The molecule has 0 saturated carbocycles. The number of carbonyl (C=O) groups excluding carboxylic acids is 10. The van der Waals surface area contributed by atoms with E-state index in [9.17, 15) is 69.5 Å². The Labute approximate surface area is 610 Å². The van der Waals surface area contributed by atoms with Crippen LogP contribution in [-0.2, 0) is 70.3 Å². The van der Waals surface area contributed by atoms with Gasteiger partial charge in [-0.15, -0.1) is 0 Å². The van der Waals surface area contributed by atoms with Crippen molar-refractivity contribution in [1.82, 2.24) is 52.0 Å². The topological polar surface area (TPSA) is 430 Å². The van der Waals surface area contributed by atoms with Gasteiger partial charge in [0, 0.05) is 63.5 Å². The number of likely N-dealkylation sites (tertiary alicyclic amines) is 1. The Morgan fingerprint density at radius 3 is 2.04 bits per heavy atom. The Balaban J connectivity index is 1.00. The number of anilines is 2. The minimum atomic E-state index is -5.53.